The Labute approximate surface area is 326 Å². The van der Waals surface area contributed by atoms with Crippen molar-refractivity contribution in [3.05, 3.63) is 0 Å². The van der Waals surface area contributed by atoms with Crippen molar-refractivity contribution in [2.75, 3.05) is 19.6 Å². The van der Waals surface area contributed by atoms with Crippen LogP contribution >= 0.6 is 0 Å². The van der Waals surface area contributed by atoms with Crippen LogP contribution in [0.5, 0.6) is 0 Å². The fourth-order valence-electron chi connectivity index (χ4n) is 2.93. The summed E-state index contributed by atoms with van der Waals surface area (Å²) in [4.78, 5) is 136. The van der Waals surface area contributed by atoms with E-state index >= 15 is 0 Å². The third-order valence-electron chi connectivity index (χ3n) is 4.74. The van der Waals surface area contributed by atoms with Crippen LogP contribution in [0.4, 0.5) is 0 Å². The monoisotopic (exact) mass is 830 g/mol. The molecule has 328 valence electrons. The molecule has 0 aliphatic rings. The minimum Gasteiger partial charge on any atom is -0.483 e. The van der Waals surface area contributed by atoms with Gasteiger partial charge in [-0.1, -0.05) is 27.7 Å². The number of aliphatic carboxylic acids is 6. The number of rotatable bonds is 20. The second-order valence-electron chi connectivity index (χ2n) is 10.6. The molecule has 0 radical (unpaired) electrons. The highest BCUT2D eigenvalue weighted by atomic mass is 16.4. The van der Waals surface area contributed by atoms with Crippen LogP contribution in [0, 0.1) is 5.92 Å². The number of carboxylic acids is 6. The maximum atomic E-state index is 11.9. The Morgan fingerprint density at radius 2 is 0.877 bits per heavy atom. The van der Waals surface area contributed by atoms with E-state index in [9.17, 15) is 47.9 Å². The first-order valence-electron chi connectivity index (χ1n) is 16.2. The molecule has 3 atom stereocenters. The van der Waals surface area contributed by atoms with Crippen LogP contribution in [0.25, 0.3) is 0 Å². The van der Waals surface area contributed by atoms with Crippen molar-refractivity contribution in [3.63, 3.8) is 0 Å². The molecular formula is C31H54N6O20. The van der Waals surface area contributed by atoms with Gasteiger partial charge in [0.1, 0.15) is 12.1 Å². The second-order valence-corrected chi connectivity index (χ2v) is 10.6. The predicted octanol–water partition coefficient (Wildman–Crippen LogP) is -3.11. The molecule has 3 unspecified atom stereocenters. The lowest BCUT2D eigenvalue weighted by Gasteiger charge is -2.17. The van der Waals surface area contributed by atoms with Crippen LogP contribution < -0.4 is 31.9 Å². The molecule has 0 saturated carbocycles. The van der Waals surface area contributed by atoms with E-state index < -0.39 is 97.6 Å². The Balaban J connectivity index is -0.000000183. The minimum absolute atomic E-state index is 0.116. The van der Waals surface area contributed by atoms with Crippen molar-refractivity contribution in [3.8, 4) is 0 Å². The van der Waals surface area contributed by atoms with Gasteiger partial charge in [-0.3, -0.25) is 57.5 Å². The molecule has 26 heteroatoms. The van der Waals surface area contributed by atoms with E-state index in [0.717, 1.165) is 13.8 Å². The molecule has 13 N–H and O–H groups in total. The molecule has 0 aliphatic carbocycles. The molecule has 26 nitrogen and oxygen atoms in total. The molecule has 0 spiro atoms. The standard InChI is InChI=1S/C13H18N4O10.C11H20N2O4.2C2H4O2.C2H6.CH2O2/c18-5-14-3-8(19)16-6(1-10(21)22)12(25)15-4-9(20)17-7(13(26)27)2-11(23)24;1-7(2)4-9(14)12-6-10(15)13-8(3)5-11(16)17;2*1-2(3)4;1-2;2-1-3/h5-7H,1-4H2,(H,14,18)(H,15,25)(H,16,19)(H,17,20)(H,21,22)(H,23,24)(H,26,27);7-8H,4-6H2,1-3H3,(H,12,14)(H,13,15)(H,16,17);2*1H3,(H,3,4);1-2H3;1H,(H,2,3). The van der Waals surface area contributed by atoms with Crippen LogP contribution in [0.2, 0.25) is 0 Å². The Hall–Kier alpha value is -6.89. The zero-order valence-corrected chi connectivity index (χ0v) is 32.4. The number of carbonyl (C=O) groups is 13. The number of amides is 6. The number of carboxylic acid groups (broad SMARTS) is 7. The third-order valence-corrected chi connectivity index (χ3v) is 4.74. The van der Waals surface area contributed by atoms with E-state index in [-0.39, 0.29) is 43.6 Å². The molecule has 0 aliphatic heterocycles. The average Bonchev–Trinajstić information content (AvgIpc) is 3.04. The average molecular weight is 831 g/mol. The molecule has 0 saturated heterocycles. The highest BCUT2D eigenvalue weighted by Gasteiger charge is 2.26. The van der Waals surface area contributed by atoms with Crippen LogP contribution in [0.1, 0.15) is 74.1 Å². The highest BCUT2D eigenvalue weighted by Crippen LogP contribution is 1.98. The summed E-state index contributed by atoms with van der Waals surface area (Å²) in [5, 5.41) is 69.2. The summed E-state index contributed by atoms with van der Waals surface area (Å²) in [6.45, 7) is 9.92. The first-order chi connectivity index (χ1) is 26.2. The van der Waals surface area contributed by atoms with Crippen LogP contribution in [0.3, 0.4) is 0 Å². The molecule has 6 amide bonds. The van der Waals surface area contributed by atoms with E-state index in [1.54, 1.807) is 6.92 Å². The molecule has 0 bridgehead atoms. The van der Waals surface area contributed by atoms with Gasteiger partial charge in [0.15, 0.2) is 0 Å². The Bertz CT molecular complexity index is 1290. The van der Waals surface area contributed by atoms with Crippen LogP contribution in [-0.2, 0) is 62.3 Å². The van der Waals surface area contributed by atoms with E-state index in [4.69, 9.17) is 50.1 Å². The number of hydrogen-bond acceptors (Lipinski definition) is 13. The lowest BCUT2D eigenvalue weighted by Crippen LogP contribution is -2.52. The molecular weight excluding hydrogens is 776 g/mol. The molecule has 0 rings (SSSR count). The summed E-state index contributed by atoms with van der Waals surface area (Å²) in [5.41, 5.74) is 0. The molecule has 0 aromatic rings. The number of carbonyl (C=O) groups excluding carboxylic acids is 6. The van der Waals surface area contributed by atoms with Crippen LogP contribution in [-0.4, -0.2) is 152 Å². The summed E-state index contributed by atoms with van der Waals surface area (Å²) in [6.07, 6.45) is -1.26. The zero-order valence-electron chi connectivity index (χ0n) is 32.4. The fourth-order valence-corrected chi connectivity index (χ4v) is 2.93. The molecule has 0 fully saturated rings. The Morgan fingerprint density at radius 1 is 0.526 bits per heavy atom. The van der Waals surface area contributed by atoms with Gasteiger partial charge < -0.3 is 67.6 Å². The topological polar surface area (TPSA) is 436 Å². The predicted molar refractivity (Wildman–Crippen MR) is 192 cm³/mol. The van der Waals surface area contributed by atoms with Gasteiger partial charge in [-0.05, 0) is 12.8 Å². The number of nitrogens with one attached hydrogen (secondary N) is 6. The Kier molecular flexibility index (Phi) is 43.9. The van der Waals surface area contributed by atoms with Crippen molar-refractivity contribution in [1.82, 2.24) is 31.9 Å². The molecule has 57 heavy (non-hydrogen) atoms. The lowest BCUT2D eigenvalue weighted by molar-refractivity contribution is -0.147. The van der Waals surface area contributed by atoms with Gasteiger partial charge in [0.25, 0.3) is 18.4 Å². The smallest absolute Gasteiger partial charge is 0.326 e. The van der Waals surface area contributed by atoms with Crippen molar-refractivity contribution in [2.45, 2.75) is 92.3 Å². The highest BCUT2D eigenvalue weighted by molar-refractivity contribution is 5.94. The van der Waals surface area contributed by atoms with Crippen LogP contribution in [0.15, 0.2) is 0 Å². The van der Waals surface area contributed by atoms with Crippen molar-refractivity contribution < 1.29 is 98.1 Å². The third kappa shape index (κ3) is 58.6. The van der Waals surface area contributed by atoms with Gasteiger partial charge in [-0.15, -0.1) is 0 Å². The fraction of sp³-hybridized carbons (Fsp3) is 0.581. The van der Waals surface area contributed by atoms with Crippen molar-refractivity contribution >= 4 is 78.2 Å². The van der Waals surface area contributed by atoms with Crippen molar-refractivity contribution in [2.24, 2.45) is 5.92 Å². The normalized spacial score (nSPS) is 10.5. The minimum atomic E-state index is -1.73. The maximum Gasteiger partial charge on any atom is 0.326 e. The molecule has 0 aromatic heterocycles. The summed E-state index contributed by atoms with van der Waals surface area (Å²) in [7, 11) is 0. The molecule has 0 aromatic carbocycles. The van der Waals surface area contributed by atoms with Gasteiger partial charge in [0, 0.05) is 26.3 Å². The maximum absolute atomic E-state index is 11.9. The first kappa shape index (κ1) is 62.1. The van der Waals surface area contributed by atoms with Gasteiger partial charge in [-0.2, -0.15) is 0 Å². The lowest BCUT2D eigenvalue weighted by atomic mass is 10.1. The Morgan fingerprint density at radius 3 is 1.25 bits per heavy atom. The SMILES string of the molecule is CC.CC(=O)O.CC(=O)O.CC(C)CC(=O)NCC(=O)NC(C)CC(=O)O.O=CNCC(=O)NC(CC(=O)O)C(=O)NCC(=O)NC(CC(=O)O)C(=O)O.O=CO. The molecule has 0 heterocycles. The number of hydrogen-bond donors (Lipinski definition) is 13. The quantitative estimate of drug-likeness (QED) is 0.0540. The van der Waals surface area contributed by atoms with E-state index in [2.05, 4.69) is 10.6 Å². The van der Waals surface area contributed by atoms with Gasteiger partial charge in [0.2, 0.25) is 35.9 Å². The zero-order chi connectivity index (χ0) is 46.3. The van der Waals surface area contributed by atoms with Crippen molar-refractivity contribution in [1.29, 1.82) is 0 Å². The van der Waals surface area contributed by atoms with E-state index in [1.807, 2.05) is 49.0 Å². The summed E-state index contributed by atoms with van der Waals surface area (Å²) < 4.78 is 0. The summed E-state index contributed by atoms with van der Waals surface area (Å²) >= 11 is 0. The van der Waals surface area contributed by atoms with E-state index in [1.165, 1.54) is 0 Å². The first-order valence-corrected chi connectivity index (χ1v) is 16.2. The van der Waals surface area contributed by atoms with Gasteiger partial charge in [-0.25, -0.2) is 4.79 Å². The van der Waals surface area contributed by atoms with Gasteiger partial charge >= 0.3 is 23.9 Å². The largest absolute Gasteiger partial charge is 0.483 e. The van der Waals surface area contributed by atoms with Gasteiger partial charge in [0.05, 0.1) is 38.9 Å². The summed E-state index contributed by atoms with van der Waals surface area (Å²) in [5.74, 6) is -10.4. The second kappa shape index (κ2) is 40.3. The summed E-state index contributed by atoms with van der Waals surface area (Å²) in [6, 6.07) is -3.73. The van der Waals surface area contributed by atoms with E-state index in [0.29, 0.717) is 6.42 Å².